The van der Waals surface area contributed by atoms with Crippen LogP contribution in [0.2, 0.25) is 0 Å². The Morgan fingerprint density at radius 3 is 2.62 bits per heavy atom. The average molecular weight is 427 g/mol. The molecular formula is C18H23BrN2O5. The first-order valence-corrected chi connectivity index (χ1v) is 9.05. The fourth-order valence-electron chi connectivity index (χ4n) is 2.84. The van der Waals surface area contributed by atoms with Crippen LogP contribution < -0.4 is 4.74 Å². The monoisotopic (exact) mass is 426 g/mol. The minimum Gasteiger partial charge on any atom is -0.462 e. The summed E-state index contributed by atoms with van der Waals surface area (Å²) in [5.74, 6) is -0.443. The number of carbonyl (C=O) groups is 2. The van der Waals surface area contributed by atoms with Gasteiger partial charge in [0.15, 0.2) is 0 Å². The van der Waals surface area contributed by atoms with Crippen molar-refractivity contribution in [2.75, 3.05) is 26.8 Å². The highest BCUT2D eigenvalue weighted by Crippen LogP contribution is 2.35. The van der Waals surface area contributed by atoms with E-state index in [4.69, 9.17) is 14.6 Å². The molecule has 8 heteroatoms. The van der Waals surface area contributed by atoms with Gasteiger partial charge in [-0.25, -0.2) is 4.79 Å². The summed E-state index contributed by atoms with van der Waals surface area (Å²) < 4.78 is 12.9. The highest BCUT2D eigenvalue weighted by Gasteiger charge is 2.24. The van der Waals surface area contributed by atoms with E-state index in [1.165, 1.54) is 6.92 Å². The molecule has 0 saturated heterocycles. The molecule has 1 heterocycles. The summed E-state index contributed by atoms with van der Waals surface area (Å²) in [5, 5.41) is 9.86. The summed E-state index contributed by atoms with van der Waals surface area (Å²) in [4.78, 5) is 25.8. The second-order valence-corrected chi connectivity index (χ2v) is 6.81. The van der Waals surface area contributed by atoms with E-state index in [9.17, 15) is 9.59 Å². The summed E-state index contributed by atoms with van der Waals surface area (Å²) in [7, 11) is 3.71. The number of fused-ring (bicyclic) bond motifs is 1. The normalized spacial score (nSPS) is 11.2. The Bertz CT molecular complexity index is 831. The van der Waals surface area contributed by atoms with Gasteiger partial charge < -0.3 is 19.1 Å². The number of aryl methyl sites for hydroxylation is 1. The van der Waals surface area contributed by atoms with E-state index in [0.29, 0.717) is 34.3 Å². The summed E-state index contributed by atoms with van der Waals surface area (Å²) in [6, 6.07) is 3.48. The topological polar surface area (TPSA) is 81.0 Å². The Balaban J connectivity index is 2.66. The third-order valence-corrected chi connectivity index (χ3v) is 4.63. The van der Waals surface area contributed by atoms with E-state index in [-0.39, 0.29) is 13.2 Å². The SMILES string of the molecule is CCOC(=O)c1c(CN(C)CCO)n(C)c2cc(OC(C)=O)c(Br)cc12. The molecule has 0 atom stereocenters. The lowest BCUT2D eigenvalue weighted by molar-refractivity contribution is -0.131. The Kier molecular flexibility index (Phi) is 6.80. The van der Waals surface area contributed by atoms with Gasteiger partial charge in [-0.3, -0.25) is 9.69 Å². The van der Waals surface area contributed by atoms with E-state index in [2.05, 4.69) is 15.9 Å². The lowest BCUT2D eigenvalue weighted by Gasteiger charge is -2.17. The molecule has 2 aromatic rings. The molecule has 7 nitrogen and oxygen atoms in total. The summed E-state index contributed by atoms with van der Waals surface area (Å²) >= 11 is 3.40. The maximum absolute atomic E-state index is 12.6. The van der Waals surface area contributed by atoms with Crippen LogP contribution in [0, 0.1) is 0 Å². The largest absolute Gasteiger partial charge is 0.462 e. The van der Waals surface area contributed by atoms with Crippen LogP contribution >= 0.6 is 15.9 Å². The first-order chi connectivity index (χ1) is 12.3. The molecule has 26 heavy (non-hydrogen) atoms. The van der Waals surface area contributed by atoms with Crippen LogP contribution in [-0.2, 0) is 23.1 Å². The van der Waals surface area contributed by atoms with Crippen LogP contribution in [0.4, 0.5) is 0 Å². The quantitative estimate of drug-likeness (QED) is 0.540. The number of likely N-dealkylation sites (N-methyl/N-ethyl adjacent to an activating group) is 1. The van der Waals surface area contributed by atoms with Gasteiger partial charge in [0.25, 0.3) is 0 Å². The number of rotatable bonds is 7. The minimum absolute atomic E-state index is 0.0251. The second-order valence-electron chi connectivity index (χ2n) is 5.96. The van der Waals surface area contributed by atoms with Crippen LogP contribution in [0.1, 0.15) is 29.9 Å². The molecule has 0 spiro atoms. The predicted octanol–water partition coefficient (Wildman–Crippen LogP) is 2.47. The van der Waals surface area contributed by atoms with Gasteiger partial charge in [-0.2, -0.15) is 0 Å². The molecule has 142 valence electrons. The van der Waals surface area contributed by atoms with E-state index in [0.717, 1.165) is 11.2 Å². The van der Waals surface area contributed by atoms with Crippen molar-refractivity contribution in [1.29, 1.82) is 0 Å². The molecular weight excluding hydrogens is 404 g/mol. The molecule has 0 saturated carbocycles. The van der Waals surface area contributed by atoms with Crippen molar-refractivity contribution in [3.05, 3.63) is 27.9 Å². The van der Waals surface area contributed by atoms with E-state index < -0.39 is 11.9 Å². The van der Waals surface area contributed by atoms with Gasteiger partial charge in [0.05, 0.1) is 28.8 Å². The zero-order valence-electron chi connectivity index (χ0n) is 15.3. The molecule has 0 unspecified atom stereocenters. The van der Waals surface area contributed by atoms with Gasteiger partial charge in [0.1, 0.15) is 5.75 Å². The van der Waals surface area contributed by atoms with Crippen LogP contribution in [0.15, 0.2) is 16.6 Å². The zero-order chi connectivity index (χ0) is 19.4. The lowest BCUT2D eigenvalue weighted by Crippen LogP contribution is -2.24. The third kappa shape index (κ3) is 4.25. The summed E-state index contributed by atoms with van der Waals surface area (Å²) in [5.41, 5.74) is 1.99. The first-order valence-electron chi connectivity index (χ1n) is 8.25. The Labute approximate surface area is 160 Å². The standard InChI is InChI=1S/C18H23BrN2O5/c1-5-25-18(24)17-12-8-13(19)16(26-11(2)23)9-14(12)21(4)15(17)10-20(3)6-7-22/h8-9,22H,5-7,10H2,1-4H3. The number of aromatic nitrogens is 1. The molecule has 0 bridgehead atoms. The van der Waals surface area contributed by atoms with Crippen LogP contribution in [-0.4, -0.2) is 53.3 Å². The molecule has 1 aromatic heterocycles. The number of benzene rings is 1. The van der Waals surface area contributed by atoms with Crippen molar-refractivity contribution in [1.82, 2.24) is 9.47 Å². The number of carbonyl (C=O) groups excluding carboxylic acids is 2. The van der Waals surface area contributed by atoms with Gasteiger partial charge in [-0.1, -0.05) is 0 Å². The van der Waals surface area contributed by atoms with Gasteiger partial charge >= 0.3 is 11.9 Å². The number of aliphatic hydroxyl groups is 1. The lowest BCUT2D eigenvalue weighted by atomic mass is 10.1. The van der Waals surface area contributed by atoms with Crippen molar-refractivity contribution in [3.8, 4) is 5.75 Å². The highest BCUT2D eigenvalue weighted by molar-refractivity contribution is 9.10. The number of ether oxygens (including phenoxy) is 2. The molecule has 0 fully saturated rings. The number of hydrogen-bond donors (Lipinski definition) is 1. The third-order valence-electron chi connectivity index (χ3n) is 4.01. The van der Waals surface area contributed by atoms with Crippen molar-refractivity contribution in [3.63, 3.8) is 0 Å². The van der Waals surface area contributed by atoms with Crippen LogP contribution in [0.25, 0.3) is 10.9 Å². The Hall–Kier alpha value is -1.90. The molecule has 0 radical (unpaired) electrons. The Morgan fingerprint density at radius 1 is 1.35 bits per heavy atom. The summed E-state index contributed by atoms with van der Waals surface area (Å²) in [6.07, 6.45) is 0. The van der Waals surface area contributed by atoms with Crippen molar-refractivity contribution < 1.29 is 24.2 Å². The summed E-state index contributed by atoms with van der Waals surface area (Å²) in [6.45, 7) is 4.33. The predicted molar refractivity (Wildman–Crippen MR) is 101 cm³/mol. The number of esters is 2. The molecule has 0 aliphatic carbocycles. The van der Waals surface area contributed by atoms with E-state index in [1.54, 1.807) is 19.1 Å². The van der Waals surface area contributed by atoms with E-state index >= 15 is 0 Å². The number of aliphatic hydroxyl groups excluding tert-OH is 1. The van der Waals surface area contributed by atoms with Gasteiger partial charge in [-0.05, 0) is 36.0 Å². The molecule has 1 N–H and O–H groups in total. The van der Waals surface area contributed by atoms with Crippen LogP contribution in [0.5, 0.6) is 5.75 Å². The number of hydrogen-bond acceptors (Lipinski definition) is 6. The minimum atomic E-state index is -0.423. The first kappa shape index (κ1) is 20.4. The van der Waals surface area contributed by atoms with Gasteiger partial charge in [-0.15, -0.1) is 0 Å². The smallest absolute Gasteiger partial charge is 0.340 e. The number of nitrogens with zero attached hydrogens (tertiary/aromatic N) is 2. The van der Waals surface area contributed by atoms with Crippen molar-refractivity contribution in [2.24, 2.45) is 7.05 Å². The molecule has 0 aliphatic heterocycles. The molecule has 2 rings (SSSR count). The average Bonchev–Trinajstić information content (AvgIpc) is 2.80. The maximum Gasteiger partial charge on any atom is 0.340 e. The fraction of sp³-hybridized carbons (Fsp3) is 0.444. The van der Waals surface area contributed by atoms with E-state index in [1.807, 2.05) is 23.6 Å². The fourth-order valence-corrected chi connectivity index (χ4v) is 3.27. The molecule has 1 aromatic carbocycles. The highest BCUT2D eigenvalue weighted by atomic mass is 79.9. The molecule has 0 aliphatic rings. The van der Waals surface area contributed by atoms with Crippen LogP contribution in [0.3, 0.4) is 0 Å². The maximum atomic E-state index is 12.6. The molecule has 0 amide bonds. The second kappa shape index (κ2) is 8.66. The Morgan fingerprint density at radius 2 is 2.04 bits per heavy atom. The zero-order valence-corrected chi connectivity index (χ0v) is 16.9. The number of halogens is 1. The van der Waals surface area contributed by atoms with Crippen molar-refractivity contribution >= 4 is 38.8 Å². The van der Waals surface area contributed by atoms with Gasteiger partial charge in [0, 0.05) is 44.2 Å². The van der Waals surface area contributed by atoms with Gasteiger partial charge in [0.2, 0.25) is 0 Å². The van der Waals surface area contributed by atoms with Crippen molar-refractivity contribution in [2.45, 2.75) is 20.4 Å².